The lowest BCUT2D eigenvalue weighted by atomic mass is 9.95. The molecule has 0 fully saturated rings. The van der Waals surface area contributed by atoms with Crippen molar-refractivity contribution in [3.63, 3.8) is 0 Å². The van der Waals surface area contributed by atoms with Gasteiger partial charge in [-0.05, 0) is 35.9 Å². The minimum Gasteiger partial charge on any atom is -0.301 e. The van der Waals surface area contributed by atoms with Crippen LogP contribution in [-0.2, 0) is 16.1 Å². The van der Waals surface area contributed by atoms with Crippen molar-refractivity contribution in [1.82, 2.24) is 9.91 Å². The quantitative estimate of drug-likeness (QED) is 0.342. The van der Waals surface area contributed by atoms with Gasteiger partial charge in [-0.1, -0.05) is 84.1 Å². The molecule has 3 aliphatic rings. The summed E-state index contributed by atoms with van der Waals surface area (Å²) in [5, 5.41) is 18.6. The van der Waals surface area contributed by atoms with Gasteiger partial charge in [0.1, 0.15) is 12.3 Å². The molecular formula is C28H24N4O2S. The third-order valence-electron chi connectivity index (χ3n) is 6.33. The molecular weight excluding hydrogens is 456 g/mol. The standard InChI is InChI=1S/C28H24N4O2S/c1-19-8-7-11-22(14-19)32-26-23-12-5-6-13-25(23)35-18-24(26)27(30-32)31(28(34)21(15-29)17-33)16-20-9-3-2-4-10-20/h2-7,9-14,17-18,21-22,26H,8,16H2,1H3. The number of thioether (sulfide) groups is 1. The van der Waals surface area contributed by atoms with Crippen LogP contribution in [0.1, 0.15) is 30.5 Å². The maximum absolute atomic E-state index is 13.5. The third-order valence-corrected chi connectivity index (χ3v) is 7.33. The molecule has 1 amide bonds. The molecule has 2 aromatic rings. The lowest BCUT2D eigenvalue weighted by Gasteiger charge is -2.33. The van der Waals surface area contributed by atoms with Crippen LogP contribution < -0.4 is 0 Å². The highest BCUT2D eigenvalue weighted by Gasteiger charge is 2.43. The Labute approximate surface area is 208 Å². The zero-order valence-electron chi connectivity index (χ0n) is 19.2. The van der Waals surface area contributed by atoms with Gasteiger partial charge in [0.15, 0.2) is 11.8 Å². The highest BCUT2D eigenvalue weighted by Crippen LogP contribution is 2.47. The van der Waals surface area contributed by atoms with E-state index in [0.29, 0.717) is 12.1 Å². The van der Waals surface area contributed by atoms with E-state index in [4.69, 9.17) is 5.10 Å². The van der Waals surface area contributed by atoms with E-state index in [1.54, 1.807) is 11.8 Å². The topological polar surface area (TPSA) is 76.8 Å². The van der Waals surface area contributed by atoms with E-state index < -0.39 is 11.8 Å². The minimum absolute atomic E-state index is 0.0719. The molecule has 0 saturated heterocycles. The number of rotatable bonds is 5. The Hall–Kier alpha value is -3.89. The Morgan fingerprint density at radius 1 is 1.26 bits per heavy atom. The van der Waals surface area contributed by atoms with Gasteiger partial charge in [0.05, 0.1) is 18.7 Å². The lowest BCUT2D eigenvalue weighted by Crippen LogP contribution is -2.41. The number of hydrogen-bond donors (Lipinski definition) is 0. The summed E-state index contributed by atoms with van der Waals surface area (Å²) in [7, 11) is 0. The van der Waals surface area contributed by atoms with Crippen LogP contribution in [0.15, 0.2) is 99.4 Å². The maximum Gasteiger partial charge on any atom is 0.253 e. The Morgan fingerprint density at radius 3 is 2.77 bits per heavy atom. The van der Waals surface area contributed by atoms with Crippen LogP contribution in [0.2, 0.25) is 0 Å². The molecule has 35 heavy (non-hydrogen) atoms. The van der Waals surface area contributed by atoms with Crippen LogP contribution in [0, 0.1) is 17.2 Å². The van der Waals surface area contributed by atoms with Crippen molar-refractivity contribution in [2.75, 3.05) is 0 Å². The smallest absolute Gasteiger partial charge is 0.253 e. The van der Waals surface area contributed by atoms with E-state index in [1.165, 1.54) is 10.5 Å². The summed E-state index contributed by atoms with van der Waals surface area (Å²) in [6, 6.07) is 19.4. The van der Waals surface area contributed by atoms with E-state index in [0.717, 1.165) is 28.0 Å². The highest BCUT2D eigenvalue weighted by molar-refractivity contribution is 8.02. The van der Waals surface area contributed by atoms with Gasteiger partial charge < -0.3 is 4.79 Å². The van der Waals surface area contributed by atoms with Crippen LogP contribution in [0.25, 0.3) is 0 Å². The Balaban J connectivity index is 1.63. The second-order valence-electron chi connectivity index (χ2n) is 8.72. The molecule has 2 aliphatic heterocycles. The number of nitrogens with zero attached hydrogens (tertiary/aromatic N) is 4. The second kappa shape index (κ2) is 9.77. The molecule has 0 N–H and O–H groups in total. The van der Waals surface area contributed by atoms with Crippen LogP contribution in [0.4, 0.5) is 0 Å². The van der Waals surface area contributed by atoms with E-state index in [2.05, 4.69) is 37.3 Å². The Morgan fingerprint density at radius 2 is 2.03 bits per heavy atom. The maximum atomic E-state index is 13.5. The van der Waals surface area contributed by atoms with Gasteiger partial charge in [0.25, 0.3) is 5.91 Å². The first-order valence-corrected chi connectivity index (χ1v) is 12.4. The molecule has 3 unspecified atom stereocenters. The first-order valence-electron chi connectivity index (χ1n) is 11.5. The van der Waals surface area contributed by atoms with Gasteiger partial charge in [-0.2, -0.15) is 10.4 Å². The highest BCUT2D eigenvalue weighted by atomic mass is 32.2. The summed E-state index contributed by atoms with van der Waals surface area (Å²) in [5.41, 5.74) is 4.16. The molecule has 0 saturated carbocycles. The lowest BCUT2D eigenvalue weighted by molar-refractivity contribution is -0.132. The molecule has 2 heterocycles. The van der Waals surface area contributed by atoms with Crippen LogP contribution in [-0.4, -0.2) is 34.0 Å². The summed E-state index contributed by atoms with van der Waals surface area (Å²) >= 11 is 1.60. The molecule has 5 rings (SSSR count). The van der Waals surface area contributed by atoms with Gasteiger partial charge in [-0.25, -0.2) is 0 Å². The fraction of sp³-hybridized carbons (Fsp3) is 0.214. The molecule has 0 radical (unpaired) electrons. The van der Waals surface area contributed by atoms with Crippen LogP contribution in [0.5, 0.6) is 0 Å². The van der Waals surface area contributed by atoms with Crippen molar-refractivity contribution < 1.29 is 9.59 Å². The number of benzene rings is 2. The van der Waals surface area contributed by atoms with Crippen molar-refractivity contribution in [3.05, 3.63) is 101 Å². The molecule has 174 valence electrons. The van der Waals surface area contributed by atoms with Crippen molar-refractivity contribution in [2.45, 2.75) is 36.9 Å². The summed E-state index contributed by atoms with van der Waals surface area (Å²) in [6.07, 6.45) is 7.78. The monoisotopic (exact) mass is 480 g/mol. The van der Waals surface area contributed by atoms with Gasteiger partial charge >= 0.3 is 0 Å². The zero-order valence-corrected chi connectivity index (χ0v) is 20.1. The molecule has 7 heteroatoms. The molecule has 1 aliphatic carbocycles. The number of fused-ring (bicyclic) bond motifs is 3. The van der Waals surface area contributed by atoms with Gasteiger partial charge in [-0.15, -0.1) is 0 Å². The molecule has 2 aromatic carbocycles. The first kappa shape index (κ1) is 22.9. The summed E-state index contributed by atoms with van der Waals surface area (Å²) in [4.78, 5) is 27.7. The van der Waals surface area contributed by atoms with Gasteiger partial charge in [-0.3, -0.25) is 14.7 Å². The van der Waals surface area contributed by atoms with Crippen molar-refractivity contribution in [2.24, 2.45) is 11.0 Å². The van der Waals surface area contributed by atoms with Crippen LogP contribution in [0.3, 0.4) is 0 Å². The number of hydrogen-bond acceptors (Lipinski definition) is 6. The summed E-state index contributed by atoms with van der Waals surface area (Å²) in [5.74, 6) is -1.48. The molecule has 3 atom stereocenters. The average Bonchev–Trinajstić information content (AvgIpc) is 3.28. The number of nitriles is 1. The number of carbonyl (C=O) groups excluding carboxylic acids is 2. The van der Waals surface area contributed by atoms with Crippen molar-refractivity contribution in [3.8, 4) is 6.07 Å². The fourth-order valence-corrected chi connectivity index (χ4v) is 5.58. The predicted octanol–water partition coefficient (Wildman–Crippen LogP) is 4.99. The van der Waals surface area contributed by atoms with E-state index >= 15 is 0 Å². The number of hydrazone groups is 1. The Bertz CT molecular complexity index is 1320. The molecule has 6 nitrogen and oxygen atoms in total. The first-order chi connectivity index (χ1) is 17.1. The predicted molar refractivity (Wildman–Crippen MR) is 136 cm³/mol. The van der Waals surface area contributed by atoms with Crippen LogP contribution >= 0.6 is 11.8 Å². The van der Waals surface area contributed by atoms with E-state index in [1.807, 2.05) is 59.0 Å². The SMILES string of the molecule is CC1=CC(N2N=C(N(Cc3ccccc3)C(=O)C(C#N)C=O)C3=CSc4ccccc4C32)C=CC1. The fourth-order valence-electron chi connectivity index (χ4n) is 4.61. The third kappa shape index (κ3) is 4.33. The molecule has 0 aromatic heterocycles. The number of carbonyl (C=O) groups is 2. The number of allylic oxidation sites excluding steroid dienone is 2. The van der Waals surface area contributed by atoms with E-state index in [-0.39, 0.29) is 18.6 Å². The van der Waals surface area contributed by atoms with Crippen molar-refractivity contribution >= 4 is 29.8 Å². The summed E-state index contributed by atoms with van der Waals surface area (Å²) in [6.45, 7) is 2.32. The van der Waals surface area contributed by atoms with E-state index in [9.17, 15) is 14.9 Å². The second-order valence-corrected chi connectivity index (χ2v) is 9.63. The number of amidine groups is 1. The molecule has 0 spiro atoms. The Kier molecular flexibility index (Phi) is 6.39. The average molecular weight is 481 g/mol. The zero-order chi connectivity index (χ0) is 24.4. The molecule has 0 bridgehead atoms. The van der Waals surface area contributed by atoms with Gasteiger partial charge in [0.2, 0.25) is 0 Å². The number of amides is 1. The van der Waals surface area contributed by atoms with Gasteiger partial charge in [0, 0.05) is 10.5 Å². The largest absolute Gasteiger partial charge is 0.301 e. The number of aldehydes is 1. The minimum atomic E-state index is -1.39. The van der Waals surface area contributed by atoms with Crippen molar-refractivity contribution in [1.29, 1.82) is 5.26 Å². The summed E-state index contributed by atoms with van der Waals surface area (Å²) < 4.78 is 0. The normalized spacial score (nSPS) is 21.0.